The third kappa shape index (κ3) is 4.37. The molecule has 2 amide bonds. The van der Waals surface area contributed by atoms with E-state index in [9.17, 15) is 9.59 Å². The molecule has 18 heavy (non-hydrogen) atoms. The number of benzene rings is 1. The van der Waals surface area contributed by atoms with Crippen molar-refractivity contribution in [1.82, 2.24) is 5.43 Å². The maximum atomic E-state index is 11.7. The van der Waals surface area contributed by atoms with Crippen LogP contribution in [0.5, 0.6) is 0 Å². The molecule has 0 radical (unpaired) electrons. The fourth-order valence-electron chi connectivity index (χ4n) is 1.20. The minimum absolute atomic E-state index is 0.143. The highest BCUT2D eigenvalue weighted by atomic mass is 16.2. The molecule has 0 aliphatic carbocycles. The molecule has 1 aromatic carbocycles. The van der Waals surface area contributed by atoms with E-state index < -0.39 is 0 Å². The number of carbonyl (C=O) groups is 2. The Morgan fingerprint density at radius 2 is 1.78 bits per heavy atom. The second-order valence-corrected chi connectivity index (χ2v) is 3.90. The lowest BCUT2D eigenvalue weighted by atomic mass is 10.2. The van der Waals surface area contributed by atoms with E-state index in [4.69, 9.17) is 0 Å². The normalized spacial score (nSPS) is 10.9. The van der Waals surface area contributed by atoms with Crippen LogP contribution in [-0.2, 0) is 4.79 Å². The van der Waals surface area contributed by atoms with E-state index in [0.29, 0.717) is 11.3 Å². The Kier molecular flexibility index (Phi) is 5.05. The van der Waals surface area contributed by atoms with E-state index in [1.807, 2.05) is 13.8 Å². The summed E-state index contributed by atoms with van der Waals surface area (Å²) >= 11 is 0. The molecule has 5 nitrogen and oxygen atoms in total. The minimum atomic E-state index is -0.267. The molecule has 2 N–H and O–H groups in total. The summed E-state index contributed by atoms with van der Waals surface area (Å²) in [5, 5.41) is 6.57. The van der Waals surface area contributed by atoms with Gasteiger partial charge in [-0.1, -0.05) is 6.92 Å². The van der Waals surface area contributed by atoms with Crippen molar-refractivity contribution in [2.45, 2.75) is 27.2 Å². The Hall–Kier alpha value is -2.17. The zero-order valence-corrected chi connectivity index (χ0v) is 10.8. The van der Waals surface area contributed by atoms with Gasteiger partial charge < -0.3 is 5.32 Å². The topological polar surface area (TPSA) is 70.6 Å². The van der Waals surface area contributed by atoms with Crippen LogP contribution in [0.4, 0.5) is 5.69 Å². The van der Waals surface area contributed by atoms with Crippen LogP contribution >= 0.6 is 0 Å². The zero-order valence-electron chi connectivity index (χ0n) is 10.8. The average molecular weight is 247 g/mol. The molecule has 0 saturated carbocycles. The van der Waals surface area contributed by atoms with Gasteiger partial charge in [-0.3, -0.25) is 9.59 Å². The van der Waals surface area contributed by atoms with Gasteiger partial charge in [-0.15, -0.1) is 0 Å². The number of amides is 2. The number of rotatable bonds is 4. The van der Waals surface area contributed by atoms with Crippen LogP contribution in [0.2, 0.25) is 0 Å². The van der Waals surface area contributed by atoms with Crippen molar-refractivity contribution in [3.05, 3.63) is 29.8 Å². The monoisotopic (exact) mass is 247 g/mol. The summed E-state index contributed by atoms with van der Waals surface area (Å²) in [4.78, 5) is 22.5. The van der Waals surface area contributed by atoms with Gasteiger partial charge in [0.15, 0.2) is 0 Å². The molecule has 0 unspecified atom stereocenters. The highest BCUT2D eigenvalue weighted by Gasteiger charge is 2.04. The molecule has 1 aromatic rings. The minimum Gasteiger partial charge on any atom is -0.326 e. The first kappa shape index (κ1) is 13.9. The largest absolute Gasteiger partial charge is 0.326 e. The summed E-state index contributed by atoms with van der Waals surface area (Å²) in [5.74, 6) is -0.410. The van der Waals surface area contributed by atoms with E-state index in [-0.39, 0.29) is 11.8 Å². The molecule has 0 aromatic heterocycles. The van der Waals surface area contributed by atoms with Gasteiger partial charge in [0.05, 0.1) is 0 Å². The van der Waals surface area contributed by atoms with Gasteiger partial charge >= 0.3 is 0 Å². The molecule has 5 heteroatoms. The third-order valence-electron chi connectivity index (χ3n) is 2.33. The molecule has 0 atom stereocenters. The lowest BCUT2D eigenvalue weighted by molar-refractivity contribution is -0.114. The number of nitrogens with one attached hydrogen (secondary N) is 2. The summed E-state index contributed by atoms with van der Waals surface area (Å²) in [6.45, 7) is 5.25. The Morgan fingerprint density at radius 1 is 1.17 bits per heavy atom. The van der Waals surface area contributed by atoms with Crippen molar-refractivity contribution in [3.8, 4) is 0 Å². The number of anilines is 1. The van der Waals surface area contributed by atoms with Gasteiger partial charge in [-0.2, -0.15) is 5.10 Å². The van der Waals surface area contributed by atoms with Gasteiger partial charge in [0, 0.05) is 23.9 Å². The van der Waals surface area contributed by atoms with Crippen LogP contribution in [0.25, 0.3) is 0 Å². The lowest BCUT2D eigenvalue weighted by Gasteiger charge is -2.04. The number of hydrogen-bond acceptors (Lipinski definition) is 3. The molecule has 0 saturated heterocycles. The summed E-state index contributed by atoms with van der Waals surface area (Å²) in [5.41, 5.74) is 4.49. The van der Waals surface area contributed by atoms with E-state index in [1.54, 1.807) is 24.3 Å². The number of carbonyl (C=O) groups excluding carboxylic acids is 2. The van der Waals surface area contributed by atoms with E-state index >= 15 is 0 Å². The van der Waals surface area contributed by atoms with Gasteiger partial charge in [0.1, 0.15) is 0 Å². The third-order valence-corrected chi connectivity index (χ3v) is 2.33. The molecule has 0 bridgehead atoms. The van der Waals surface area contributed by atoms with Crippen molar-refractivity contribution in [2.75, 3.05) is 5.32 Å². The van der Waals surface area contributed by atoms with Gasteiger partial charge in [-0.05, 0) is 37.6 Å². The maximum absolute atomic E-state index is 11.7. The fraction of sp³-hybridized carbons (Fsp3) is 0.308. The number of nitrogens with zero attached hydrogens (tertiary/aromatic N) is 1. The Labute approximate surface area is 106 Å². The predicted molar refractivity (Wildman–Crippen MR) is 71.6 cm³/mol. The second-order valence-electron chi connectivity index (χ2n) is 3.90. The molecule has 0 aliphatic heterocycles. The first-order valence-electron chi connectivity index (χ1n) is 5.74. The van der Waals surface area contributed by atoms with Crippen molar-refractivity contribution in [1.29, 1.82) is 0 Å². The number of hydrogen-bond donors (Lipinski definition) is 2. The molecule has 0 spiro atoms. The van der Waals surface area contributed by atoms with Crippen molar-refractivity contribution in [2.24, 2.45) is 5.10 Å². The van der Waals surface area contributed by atoms with Crippen molar-refractivity contribution < 1.29 is 9.59 Å². The lowest BCUT2D eigenvalue weighted by Crippen LogP contribution is -2.18. The van der Waals surface area contributed by atoms with Gasteiger partial charge in [0.2, 0.25) is 5.91 Å². The van der Waals surface area contributed by atoms with Crippen LogP contribution in [-0.4, -0.2) is 17.5 Å². The summed E-state index contributed by atoms with van der Waals surface area (Å²) in [6.07, 6.45) is 0.793. The zero-order chi connectivity index (χ0) is 13.5. The first-order valence-corrected chi connectivity index (χ1v) is 5.74. The van der Waals surface area contributed by atoms with Gasteiger partial charge in [-0.25, -0.2) is 5.43 Å². The van der Waals surface area contributed by atoms with Crippen LogP contribution in [0.1, 0.15) is 37.6 Å². The van der Waals surface area contributed by atoms with Crippen LogP contribution in [0, 0.1) is 0 Å². The molecule has 96 valence electrons. The predicted octanol–water partition coefficient (Wildman–Crippen LogP) is 2.16. The number of hydrazone groups is 1. The molecular formula is C13H17N3O2. The molecule has 0 fully saturated rings. The molecular weight excluding hydrogens is 230 g/mol. The standard InChI is InChI=1S/C13H17N3O2/c1-4-9(2)15-16-13(18)11-5-7-12(8-6-11)14-10(3)17/h5-8H,4H2,1-3H3,(H,14,17)(H,16,18). The van der Waals surface area contributed by atoms with E-state index in [2.05, 4.69) is 15.8 Å². The fourth-order valence-corrected chi connectivity index (χ4v) is 1.20. The molecule has 1 rings (SSSR count). The van der Waals surface area contributed by atoms with Crippen LogP contribution in [0.15, 0.2) is 29.4 Å². The highest BCUT2D eigenvalue weighted by molar-refractivity contribution is 5.96. The second kappa shape index (κ2) is 6.54. The summed E-state index contributed by atoms with van der Waals surface area (Å²) in [7, 11) is 0. The molecule has 0 heterocycles. The van der Waals surface area contributed by atoms with Crippen LogP contribution < -0.4 is 10.7 Å². The van der Waals surface area contributed by atoms with E-state index in [0.717, 1.165) is 12.1 Å². The highest BCUT2D eigenvalue weighted by Crippen LogP contribution is 2.09. The average Bonchev–Trinajstić information content (AvgIpc) is 2.35. The Bertz CT molecular complexity index is 464. The quantitative estimate of drug-likeness (QED) is 0.632. The van der Waals surface area contributed by atoms with Crippen LogP contribution in [0.3, 0.4) is 0 Å². The van der Waals surface area contributed by atoms with E-state index in [1.165, 1.54) is 6.92 Å². The smallest absolute Gasteiger partial charge is 0.271 e. The Balaban J connectivity index is 2.67. The Morgan fingerprint density at radius 3 is 2.28 bits per heavy atom. The molecule has 0 aliphatic rings. The SMILES string of the molecule is CCC(C)=NNC(=O)c1ccc(NC(C)=O)cc1. The first-order chi connectivity index (χ1) is 8.52. The summed E-state index contributed by atoms with van der Waals surface area (Å²) < 4.78 is 0. The van der Waals surface area contributed by atoms with Crippen molar-refractivity contribution in [3.63, 3.8) is 0 Å². The summed E-state index contributed by atoms with van der Waals surface area (Å²) in [6, 6.07) is 6.62. The maximum Gasteiger partial charge on any atom is 0.271 e. The van der Waals surface area contributed by atoms with Crippen molar-refractivity contribution >= 4 is 23.2 Å². The van der Waals surface area contributed by atoms with Gasteiger partial charge in [0.25, 0.3) is 5.91 Å².